The Hall–Kier alpha value is -1.68. The van der Waals surface area contributed by atoms with Crippen LogP contribution >= 0.6 is 0 Å². The normalized spacial score (nSPS) is 12.3. The van der Waals surface area contributed by atoms with Gasteiger partial charge in [0, 0.05) is 13.2 Å². The average molecular weight is 241 g/mol. The summed E-state index contributed by atoms with van der Waals surface area (Å²) >= 11 is 0. The Morgan fingerprint density at radius 3 is 2.17 bits per heavy atom. The molecule has 2 rings (SSSR count). The minimum Gasteiger partial charge on any atom is -0.312 e. The fourth-order valence-corrected chi connectivity index (χ4v) is 1.76. The van der Waals surface area contributed by atoms with Crippen molar-refractivity contribution >= 4 is 0 Å². The zero-order chi connectivity index (χ0) is 12.6. The maximum absolute atomic E-state index is 6.02. The van der Waals surface area contributed by atoms with Crippen LogP contribution in [0.5, 0.6) is 0 Å². The van der Waals surface area contributed by atoms with E-state index in [1.807, 2.05) is 48.5 Å². The van der Waals surface area contributed by atoms with Crippen LogP contribution in [0.1, 0.15) is 17.3 Å². The summed E-state index contributed by atoms with van der Waals surface area (Å²) in [5, 5.41) is 6.55. The predicted octanol–water partition coefficient (Wildman–Crippen LogP) is 1.98. The number of rotatable bonds is 6. The Morgan fingerprint density at radius 1 is 0.889 bits per heavy atom. The highest BCUT2D eigenvalue weighted by Gasteiger charge is 2.02. The van der Waals surface area contributed by atoms with Crippen LogP contribution in [0.4, 0.5) is 0 Å². The standard InChI is InChI=1S/C15H19N3/c16-15(14-9-5-2-6-10-14)18-12-17-11-13-7-3-1-4-8-13/h1-10,15,17-18H,11-12,16H2. The number of nitrogens with one attached hydrogen (secondary N) is 2. The number of nitrogens with two attached hydrogens (primary N) is 1. The zero-order valence-electron chi connectivity index (χ0n) is 10.3. The third-order valence-corrected chi connectivity index (χ3v) is 2.78. The highest BCUT2D eigenvalue weighted by molar-refractivity contribution is 5.17. The molecule has 1 unspecified atom stereocenters. The summed E-state index contributed by atoms with van der Waals surface area (Å²) in [4.78, 5) is 0. The molecule has 0 bridgehead atoms. The van der Waals surface area contributed by atoms with Gasteiger partial charge in [-0.25, -0.2) is 0 Å². The smallest absolute Gasteiger partial charge is 0.0819 e. The molecule has 0 amide bonds. The topological polar surface area (TPSA) is 50.1 Å². The molecule has 0 aliphatic rings. The second-order valence-electron chi connectivity index (χ2n) is 4.18. The first-order valence-electron chi connectivity index (χ1n) is 6.15. The van der Waals surface area contributed by atoms with Crippen molar-refractivity contribution in [3.8, 4) is 0 Å². The SMILES string of the molecule is NC(NCNCc1ccccc1)c1ccccc1. The summed E-state index contributed by atoms with van der Waals surface area (Å²) < 4.78 is 0. The van der Waals surface area contributed by atoms with Gasteiger partial charge >= 0.3 is 0 Å². The molecular formula is C15H19N3. The molecule has 0 saturated carbocycles. The second kappa shape index (κ2) is 6.91. The van der Waals surface area contributed by atoms with Gasteiger partial charge < -0.3 is 11.1 Å². The summed E-state index contributed by atoms with van der Waals surface area (Å²) in [7, 11) is 0. The van der Waals surface area contributed by atoms with E-state index in [0.29, 0.717) is 6.67 Å². The molecule has 0 radical (unpaired) electrons. The van der Waals surface area contributed by atoms with Crippen LogP contribution in [-0.2, 0) is 6.54 Å². The van der Waals surface area contributed by atoms with Crippen LogP contribution < -0.4 is 16.4 Å². The van der Waals surface area contributed by atoms with E-state index in [1.54, 1.807) is 0 Å². The number of hydrogen-bond acceptors (Lipinski definition) is 3. The molecule has 94 valence electrons. The minimum absolute atomic E-state index is 0.130. The van der Waals surface area contributed by atoms with Crippen LogP contribution in [0.2, 0.25) is 0 Å². The van der Waals surface area contributed by atoms with E-state index in [1.165, 1.54) is 5.56 Å². The van der Waals surface area contributed by atoms with Crippen molar-refractivity contribution in [2.45, 2.75) is 12.7 Å². The fourth-order valence-electron chi connectivity index (χ4n) is 1.76. The fraction of sp³-hybridized carbons (Fsp3) is 0.200. The lowest BCUT2D eigenvalue weighted by molar-refractivity contribution is 0.501. The molecule has 1 atom stereocenters. The van der Waals surface area contributed by atoms with Gasteiger partial charge in [-0.2, -0.15) is 0 Å². The Balaban J connectivity index is 1.70. The molecule has 2 aromatic carbocycles. The quantitative estimate of drug-likeness (QED) is 0.535. The molecule has 0 aliphatic carbocycles. The third-order valence-electron chi connectivity index (χ3n) is 2.78. The van der Waals surface area contributed by atoms with Crippen LogP contribution in [0.25, 0.3) is 0 Å². The minimum atomic E-state index is -0.130. The largest absolute Gasteiger partial charge is 0.312 e. The highest BCUT2D eigenvalue weighted by Crippen LogP contribution is 2.05. The average Bonchev–Trinajstić information content (AvgIpc) is 2.45. The first kappa shape index (κ1) is 12.8. The van der Waals surface area contributed by atoms with Crippen LogP contribution in [0.3, 0.4) is 0 Å². The molecule has 18 heavy (non-hydrogen) atoms. The van der Waals surface area contributed by atoms with Crippen molar-refractivity contribution in [2.24, 2.45) is 5.73 Å². The molecule has 3 heteroatoms. The van der Waals surface area contributed by atoms with Gasteiger partial charge in [0.25, 0.3) is 0 Å². The van der Waals surface area contributed by atoms with E-state index in [9.17, 15) is 0 Å². The molecule has 3 nitrogen and oxygen atoms in total. The van der Waals surface area contributed by atoms with Crippen LogP contribution in [0.15, 0.2) is 60.7 Å². The van der Waals surface area contributed by atoms with Gasteiger partial charge in [0.05, 0.1) is 6.17 Å². The van der Waals surface area contributed by atoms with E-state index in [2.05, 4.69) is 22.8 Å². The van der Waals surface area contributed by atoms with Crippen molar-refractivity contribution in [3.63, 3.8) is 0 Å². The Bertz CT molecular complexity index is 442. The van der Waals surface area contributed by atoms with Gasteiger partial charge in [0.15, 0.2) is 0 Å². The van der Waals surface area contributed by atoms with E-state index < -0.39 is 0 Å². The molecule has 0 aliphatic heterocycles. The van der Waals surface area contributed by atoms with Gasteiger partial charge in [-0.1, -0.05) is 60.7 Å². The summed E-state index contributed by atoms with van der Waals surface area (Å²) in [5.41, 5.74) is 8.39. The third kappa shape index (κ3) is 3.96. The monoisotopic (exact) mass is 241 g/mol. The van der Waals surface area contributed by atoms with E-state index >= 15 is 0 Å². The van der Waals surface area contributed by atoms with Gasteiger partial charge in [-0.15, -0.1) is 0 Å². The molecule has 0 spiro atoms. The molecular weight excluding hydrogens is 222 g/mol. The first-order chi connectivity index (χ1) is 8.86. The van der Waals surface area contributed by atoms with Crippen molar-refractivity contribution in [1.29, 1.82) is 0 Å². The lowest BCUT2D eigenvalue weighted by atomic mass is 10.2. The van der Waals surface area contributed by atoms with E-state index in [4.69, 9.17) is 5.73 Å². The van der Waals surface area contributed by atoms with Crippen molar-refractivity contribution in [1.82, 2.24) is 10.6 Å². The number of hydrogen-bond donors (Lipinski definition) is 3. The number of benzene rings is 2. The van der Waals surface area contributed by atoms with Crippen LogP contribution in [-0.4, -0.2) is 6.67 Å². The zero-order valence-corrected chi connectivity index (χ0v) is 10.3. The summed E-state index contributed by atoms with van der Waals surface area (Å²) in [6.07, 6.45) is -0.130. The van der Waals surface area contributed by atoms with Gasteiger partial charge in [-0.05, 0) is 11.1 Å². The van der Waals surface area contributed by atoms with Crippen molar-refractivity contribution in [2.75, 3.05) is 6.67 Å². The molecule has 0 fully saturated rings. The van der Waals surface area contributed by atoms with E-state index in [-0.39, 0.29) is 6.17 Å². The Labute approximate surface area is 108 Å². The lowest BCUT2D eigenvalue weighted by Crippen LogP contribution is -2.36. The first-order valence-corrected chi connectivity index (χ1v) is 6.15. The van der Waals surface area contributed by atoms with E-state index in [0.717, 1.165) is 12.1 Å². The Kier molecular flexibility index (Phi) is 4.90. The molecule has 0 aromatic heterocycles. The maximum Gasteiger partial charge on any atom is 0.0819 e. The van der Waals surface area contributed by atoms with Crippen LogP contribution in [0, 0.1) is 0 Å². The second-order valence-corrected chi connectivity index (χ2v) is 4.18. The maximum atomic E-state index is 6.02. The van der Waals surface area contributed by atoms with Crippen molar-refractivity contribution in [3.05, 3.63) is 71.8 Å². The molecule has 4 N–H and O–H groups in total. The highest BCUT2D eigenvalue weighted by atomic mass is 15.1. The molecule has 2 aromatic rings. The summed E-state index contributed by atoms with van der Waals surface area (Å²) in [6, 6.07) is 20.3. The molecule has 0 saturated heterocycles. The predicted molar refractivity (Wildman–Crippen MR) is 74.7 cm³/mol. The van der Waals surface area contributed by atoms with Crippen molar-refractivity contribution < 1.29 is 0 Å². The van der Waals surface area contributed by atoms with Gasteiger partial charge in [0.1, 0.15) is 0 Å². The lowest BCUT2D eigenvalue weighted by Gasteiger charge is -2.14. The van der Waals surface area contributed by atoms with Gasteiger partial charge in [-0.3, -0.25) is 5.32 Å². The van der Waals surface area contributed by atoms with Gasteiger partial charge in [0.2, 0.25) is 0 Å². The summed E-state index contributed by atoms with van der Waals surface area (Å²) in [5.74, 6) is 0. The Morgan fingerprint density at radius 2 is 1.50 bits per heavy atom. The summed E-state index contributed by atoms with van der Waals surface area (Å²) in [6.45, 7) is 1.53. The molecule has 0 heterocycles.